The smallest absolute Gasteiger partial charge is 0.255 e. The number of hydrogen-bond acceptors (Lipinski definition) is 3. The summed E-state index contributed by atoms with van der Waals surface area (Å²) in [7, 11) is 0. The fourth-order valence-electron chi connectivity index (χ4n) is 3.86. The van der Waals surface area contributed by atoms with Crippen LogP contribution in [-0.4, -0.2) is 46.5 Å². The molecule has 0 atom stereocenters. The van der Waals surface area contributed by atoms with E-state index in [9.17, 15) is 4.79 Å². The van der Waals surface area contributed by atoms with E-state index in [-0.39, 0.29) is 5.91 Å². The van der Waals surface area contributed by atoms with Gasteiger partial charge in [-0.05, 0) is 56.3 Å². The van der Waals surface area contributed by atoms with Gasteiger partial charge >= 0.3 is 0 Å². The summed E-state index contributed by atoms with van der Waals surface area (Å²) in [6.07, 6.45) is 3.62. The summed E-state index contributed by atoms with van der Waals surface area (Å²) in [4.78, 5) is 21.5. The number of carbonyl (C=O) groups excluding carboxylic acids is 1. The van der Waals surface area contributed by atoms with Gasteiger partial charge in [-0.2, -0.15) is 0 Å². The van der Waals surface area contributed by atoms with Crippen molar-refractivity contribution >= 4 is 27.5 Å². The number of hydrogen-bond donors (Lipinski definition) is 0. The Hall–Kier alpha value is -2.60. The molecule has 1 aliphatic heterocycles. The largest absolute Gasteiger partial charge is 0.368 e. The molecule has 5 nitrogen and oxygen atoms in total. The minimum Gasteiger partial charge on any atom is -0.368 e. The van der Waals surface area contributed by atoms with Crippen molar-refractivity contribution < 1.29 is 4.79 Å². The van der Waals surface area contributed by atoms with Crippen LogP contribution in [0, 0.1) is 13.8 Å². The van der Waals surface area contributed by atoms with Crippen molar-refractivity contribution in [3.63, 3.8) is 0 Å². The van der Waals surface area contributed by atoms with Crippen molar-refractivity contribution in [3.8, 4) is 5.69 Å². The number of carbonyl (C=O) groups is 1. The van der Waals surface area contributed by atoms with E-state index in [1.165, 1.54) is 0 Å². The average molecular weight is 439 g/mol. The zero-order valence-electron chi connectivity index (χ0n) is 16.1. The number of halogens is 1. The predicted octanol–water partition coefficient (Wildman–Crippen LogP) is 4.21. The maximum atomic E-state index is 13.2. The highest BCUT2D eigenvalue weighted by Crippen LogP contribution is 2.24. The Morgan fingerprint density at radius 3 is 2.21 bits per heavy atom. The first-order valence-electron chi connectivity index (χ1n) is 9.44. The van der Waals surface area contributed by atoms with Gasteiger partial charge in [-0.15, -0.1) is 0 Å². The van der Waals surface area contributed by atoms with E-state index >= 15 is 0 Å². The van der Waals surface area contributed by atoms with E-state index in [1.54, 1.807) is 0 Å². The van der Waals surface area contributed by atoms with Crippen molar-refractivity contribution in [1.82, 2.24) is 14.5 Å². The maximum Gasteiger partial charge on any atom is 0.255 e. The Kier molecular flexibility index (Phi) is 5.22. The Labute approximate surface area is 173 Å². The highest BCUT2D eigenvalue weighted by atomic mass is 79.9. The van der Waals surface area contributed by atoms with Gasteiger partial charge in [0.1, 0.15) is 0 Å². The molecule has 6 heteroatoms. The molecular weight excluding hydrogens is 416 g/mol. The van der Waals surface area contributed by atoms with Gasteiger partial charge in [0.05, 0.1) is 5.56 Å². The summed E-state index contributed by atoms with van der Waals surface area (Å²) in [5.41, 5.74) is 5.08. The number of amides is 1. The summed E-state index contributed by atoms with van der Waals surface area (Å²) in [5.74, 6) is 0.117. The molecule has 1 saturated heterocycles. The Morgan fingerprint density at radius 2 is 1.57 bits per heavy atom. The molecule has 1 aliphatic rings. The quantitative estimate of drug-likeness (QED) is 0.614. The number of piperazine rings is 1. The summed E-state index contributed by atoms with van der Waals surface area (Å²) < 4.78 is 3.19. The third-order valence-electron chi connectivity index (χ3n) is 5.34. The van der Waals surface area contributed by atoms with Gasteiger partial charge in [0.25, 0.3) is 5.91 Å². The van der Waals surface area contributed by atoms with Crippen LogP contribution in [0.5, 0.6) is 0 Å². The van der Waals surface area contributed by atoms with Crippen LogP contribution in [0.15, 0.2) is 59.3 Å². The molecule has 2 aromatic heterocycles. The van der Waals surface area contributed by atoms with Crippen LogP contribution in [0.2, 0.25) is 0 Å². The molecular formula is C22H23BrN4O. The highest BCUT2D eigenvalue weighted by molar-refractivity contribution is 9.10. The maximum absolute atomic E-state index is 13.2. The third-order valence-corrected chi connectivity index (χ3v) is 5.87. The van der Waals surface area contributed by atoms with Crippen LogP contribution < -0.4 is 4.90 Å². The summed E-state index contributed by atoms with van der Waals surface area (Å²) in [6.45, 7) is 7.19. The van der Waals surface area contributed by atoms with Gasteiger partial charge in [-0.3, -0.25) is 9.78 Å². The van der Waals surface area contributed by atoms with Crippen LogP contribution >= 0.6 is 15.9 Å². The van der Waals surface area contributed by atoms with Crippen molar-refractivity contribution in [2.24, 2.45) is 0 Å². The SMILES string of the molecule is Cc1cc(C(=O)N2CCN(c3ccncc3)CC2)c(C)n1-c1ccc(Br)cc1. The van der Waals surface area contributed by atoms with Gasteiger partial charge in [-0.1, -0.05) is 15.9 Å². The fourth-order valence-corrected chi connectivity index (χ4v) is 4.12. The monoisotopic (exact) mass is 438 g/mol. The number of aryl methyl sites for hydroxylation is 1. The zero-order valence-corrected chi connectivity index (χ0v) is 17.7. The van der Waals surface area contributed by atoms with Gasteiger partial charge in [0.2, 0.25) is 0 Å². The molecule has 3 heterocycles. The lowest BCUT2D eigenvalue weighted by Crippen LogP contribution is -2.48. The van der Waals surface area contributed by atoms with Gasteiger partial charge < -0.3 is 14.4 Å². The van der Waals surface area contributed by atoms with Gasteiger partial charge in [-0.25, -0.2) is 0 Å². The topological polar surface area (TPSA) is 41.4 Å². The molecule has 3 aromatic rings. The summed E-state index contributed by atoms with van der Waals surface area (Å²) in [5, 5.41) is 0. The highest BCUT2D eigenvalue weighted by Gasteiger charge is 2.25. The van der Waals surface area contributed by atoms with E-state index in [2.05, 4.69) is 42.5 Å². The molecule has 1 fully saturated rings. The van der Waals surface area contributed by atoms with E-state index in [0.29, 0.717) is 0 Å². The lowest BCUT2D eigenvalue weighted by atomic mass is 10.2. The second-order valence-electron chi connectivity index (χ2n) is 7.08. The number of aromatic nitrogens is 2. The molecule has 144 valence electrons. The summed E-state index contributed by atoms with van der Waals surface area (Å²) in [6, 6.07) is 14.2. The molecule has 0 unspecified atom stereocenters. The van der Waals surface area contributed by atoms with Crippen LogP contribution in [0.1, 0.15) is 21.7 Å². The molecule has 1 amide bonds. The van der Waals surface area contributed by atoms with Crippen LogP contribution in [0.3, 0.4) is 0 Å². The van der Waals surface area contributed by atoms with E-state index in [4.69, 9.17) is 0 Å². The van der Waals surface area contributed by atoms with Crippen LogP contribution in [0.4, 0.5) is 5.69 Å². The van der Waals surface area contributed by atoms with E-state index in [1.807, 2.05) is 61.5 Å². The lowest BCUT2D eigenvalue weighted by molar-refractivity contribution is 0.0746. The second kappa shape index (κ2) is 7.80. The molecule has 0 radical (unpaired) electrons. The van der Waals surface area contributed by atoms with Crippen molar-refractivity contribution in [1.29, 1.82) is 0 Å². The fraction of sp³-hybridized carbons (Fsp3) is 0.273. The molecule has 28 heavy (non-hydrogen) atoms. The van der Waals surface area contributed by atoms with Crippen LogP contribution in [0.25, 0.3) is 5.69 Å². The molecule has 0 N–H and O–H groups in total. The van der Waals surface area contributed by atoms with Crippen molar-refractivity contribution in [2.75, 3.05) is 31.1 Å². The number of rotatable bonds is 3. The Morgan fingerprint density at radius 1 is 0.929 bits per heavy atom. The van der Waals surface area contributed by atoms with Crippen LogP contribution in [-0.2, 0) is 0 Å². The normalized spacial score (nSPS) is 14.4. The number of anilines is 1. The molecule has 0 aliphatic carbocycles. The molecule has 1 aromatic carbocycles. The molecule has 4 rings (SSSR count). The van der Waals surface area contributed by atoms with Crippen molar-refractivity contribution in [2.45, 2.75) is 13.8 Å². The first kappa shape index (κ1) is 18.7. The third kappa shape index (κ3) is 3.56. The van der Waals surface area contributed by atoms with E-state index in [0.717, 1.165) is 59.0 Å². The number of pyridine rings is 1. The number of benzene rings is 1. The Bertz CT molecular complexity index is 974. The minimum atomic E-state index is 0.117. The van der Waals surface area contributed by atoms with Crippen molar-refractivity contribution in [3.05, 3.63) is 76.3 Å². The average Bonchev–Trinajstić information content (AvgIpc) is 3.03. The summed E-state index contributed by atoms with van der Waals surface area (Å²) >= 11 is 3.48. The van der Waals surface area contributed by atoms with Gasteiger partial charge in [0, 0.05) is 65.8 Å². The predicted molar refractivity (Wildman–Crippen MR) is 115 cm³/mol. The molecule has 0 bridgehead atoms. The lowest BCUT2D eigenvalue weighted by Gasteiger charge is -2.36. The second-order valence-corrected chi connectivity index (χ2v) is 8.00. The molecule has 0 saturated carbocycles. The van der Waals surface area contributed by atoms with Gasteiger partial charge in [0.15, 0.2) is 0 Å². The zero-order chi connectivity index (χ0) is 19.7. The van der Waals surface area contributed by atoms with E-state index < -0.39 is 0 Å². The molecule has 0 spiro atoms. The standard InChI is InChI=1S/C22H23BrN4O/c1-16-15-21(17(2)27(16)20-5-3-18(23)4-6-20)22(28)26-13-11-25(12-14-26)19-7-9-24-10-8-19/h3-10,15H,11-14H2,1-2H3. The first-order chi connectivity index (χ1) is 13.5. The first-order valence-corrected chi connectivity index (χ1v) is 10.2. The Balaban J connectivity index is 1.52. The number of nitrogens with zero attached hydrogens (tertiary/aromatic N) is 4. The minimum absolute atomic E-state index is 0.117.